The summed E-state index contributed by atoms with van der Waals surface area (Å²) in [4.78, 5) is 19.4. The molecule has 1 aromatic carbocycles. The fourth-order valence-electron chi connectivity index (χ4n) is 2.73. The zero-order chi connectivity index (χ0) is 16.8. The van der Waals surface area contributed by atoms with Gasteiger partial charge in [-0.05, 0) is 37.8 Å². The number of amides is 1. The van der Waals surface area contributed by atoms with Gasteiger partial charge >= 0.3 is 0 Å². The fourth-order valence-corrected chi connectivity index (χ4v) is 3.47. The fraction of sp³-hybridized carbons (Fsp3) is 0.368. The van der Waals surface area contributed by atoms with Crippen molar-refractivity contribution in [2.75, 3.05) is 19.7 Å². The highest BCUT2D eigenvalue weighted by atomic mass is 32.1. The summed E-state index contributed by atoms with van der Waals surface area (Å²) in [5.41, 5.74) is 0.941. The predicted octanol–water partition coefficient (Wildman–Crippen LogP) is 3.18. The number of nitrogens with zero attached hydrogens (tertiary/aromatic N) is 2. The Hall–Kier alpha value is -2.16. The van der Waals surface area contributed by atoms with Gasteiger partial charge in [0.2, 0.25) is 0 Å². The van der Waals surface area contributed by atoms with E-state index in [1.165, 1.54) is 11.3 Å². The van der Waals surface area contributed by atoms with Gasteiger partial charge < -0.3 is 9.64 Å². The molecule has 0 aliphatic carbocycles. The maximum Gasteiger partial charge on any atom is 0.265 e. The van der Waals surface area contributed by atoms with Crippen LogP contribution in [-0.2, 0) is 4.74 Å². The molecule has 0 radical (unpaired) electrons. The second kappa shape index (κ2) is 8.09. The van der Waals surface area contributed by atoms with E-state index in [-0.39, 0.29) is 12.0 Å². The highest BCUT2D eigenvalue weighted by Gasteiger charge is 2.25. The van der Waals surface area contributed by atoms with Crippen LogP contribution in [0.5, 0.6) is 0 Å². The van der Waals surface area contributed by atoms with Crippen LogP contribution in [0, 0.1) is 11.8 Å². The number of hydrogen-bond donors (Lipinski definition) is 0. The van der Waals surface area contributed by atoms with Crippen LogP contribution in [0.4, 0.5) is 0 Å². The van der Waals surface area contributed by atoms with E-state index in [0.29, 0.717) is 23.0 Å². The van der Waals surface area contributed by atoms with Gasteiger partial charge in [-0.25, -0.2) is 4.98 Å². The molecule has 0 saturated carbocycles. The Morgan fingerprint density at radius 1 is 1.38 bits per heavy atom. The number of benzene rings is 1. The van der Waals surface area contributed by atoms with E-state index >= 15 is 0 Å². The highest BCUT2D eigenvalue weighted by Crippen LogP contribution is 2.19. The summed E-state index contributed by atoms with van der Waals surface area (Å²) in [7, 11) is 0. The summed E-state index contributed by atoms with van der Waals surface area (Å²) in [6.07, 6.45) is 3.79. The average molecular weight is 340 g/mol. The molecule has 1 amide bonds. The van der Waals surface area contributed by atoms with Gasteiger partial charge in [-0.2, -0.15) is 0 Å². The predicted molar refractivity (Wildman–Crippen MR) is 95.1 cm³/mol. The third kappa shape index (κ3) is 4.22. The normalized spacial score (nSPS) is 17.2. The Morgan fingerprint density at radius 2 is 2.21 bits per heavy atom. The molecule has 1 aliphatic heterocycles. The first-order chi connectivity index (χ1) is 11.8. The number of ether oxygens (including phenoxy) is 1. The van der Waals surface area contributed by atoms with E-state index < -0.39 is 0 Å². The number of aromatic nitrogens is 1. The molecule has 124 valence electrons. The minimum absolute atomic E-state index is 0.0321. The summed E-state index contributed by atoms with van der Waals surface area (Å²) in [5, 5.41) is 0.667. The van der Waals surface area contributed by atoms with Gasteiger partial charge in [0.25, 0.3) is 5.91 Å². The van der Waals surface area contributed by atoms with Crippen LogP contribution >= 0.6 is 11.3 Å². The van der Waals surface area contributed by atoms with E-state index in [2.05, 4.69) is 16.8 Å². The lowest BCUT2D eigenvalue weighted by molar-refractivity contribution is 0.00741. The van der Waals surface area contributed by atoms with Gasteiger partial charge in [-0.15, -0.1) is 11.3 Å². The van der Waals surface area contributed by atoms with Crippen molar-refractivity contribution in [1.29, 1.82) is 0 Å². The Bertz CT molecular complexity index is 743. The Labute approximate surface area is 146 Å². The lowest BCUT2D eigenvalue weighted by Crippen LogP contribution is -2.43. The Morgan fingerprint density at radius 3 is 3.00 bits per heavy atom. The third-order valence-electron chi connectivity index (χ3n) is 3.87. The van der Waals surface area contributed by atoms with E-state index in [1.807, 2.05) is 42.2 Å². The molecule has 1 fully saturated rings. The van der Waals surface area contributed by atoms with Crippen LogP contribution in [-0.4, -0.2) is 41.6 Å². The van der Waals surface area contributed by atoms with Crippen molar-refractivity contribution in [3.05, 3.63) is 52.0 Å². The van der Waals surface area contributed by atoms with E-state index in [0.717, 1.165) is 24.9 Å². The maximum atomic E-state index is 12.6. The SMILES string of the molecule is CCOC1CCCN(C(=O)c2cnc(C#Cc3ccccc3)s2)C1. The van der Waals surface area contributed by atoms with E-state index in [1.54, 1.807) is 6.20 Å². The largest absolute Gasteiger partial charge is 0.377 e. The van der Waals surface area contributed by atoms with Crippen molar-refractivity contribution < 1.29 is 9.53 Å². The first-order valence-electron chi connectivity index (χ1n) is 8.20. The monoisotopic (exact) mass is 340 g/mol. The molecule has 2 heterocycles. The minimum atomic E-state index is 0.0321. The molecule has 1 unspecified atom stereocenters. The molecular weight excluding hydrogens is 320 g/mol. The molecule has 0 bridgehead atoms. The van der Waals surface area contributed by atoms with Crippen LogP contribution in [0.1, 0.15) is 40.0 Å². The van der Waals surface area contributed by atoms with Gasteiger partial charge in [0, 0.05) is 25.3 Å². The molecular formula is C19H20N2O2S. The van der Waals surface area contributed by atoms with Crippen LogP contribution in [0.15, 0.2) is 36.5 Å². The van der Waals surface area contributed by atoms with Gasteiger partial charge in [0.05, 0.1) is 12.3 Å². The van der Waals surface area contributed by atoms with E-state index in [9.17, 15) is 4.79 Å². The van der Waals surface area contributed by atoms with Gasteiger partial charge in [-0.3, -0.25) is 4.79 Å². The molecule has 2 aromatic rings. The number of piperidine rings is 1. The van der Waals surface area contributed by atoms with Gasteiger partial charge in [0.15, 0.2) is 5.01 Å². The average Bonchev–Trinajstić information content (AvgIpc) is 3.10. The highest BCUT2D eigenvalue weighted by molar-refractivity contribution is 7.14. The van der Waals surface area contributed by atoms with Crippen LogP contribution in [0.25, 0.3) is 0 Å². The number of hydrogen-bond acceptors (Lipinski definition) is 4. The van der Waals surface area contributed by atoms with Crippen LogP contribution in [0.3, 0.4) is 0 Å². The molecule has 0 N–H and O–H groups in total. The van der Waals surface area contributed by atoms with E-state index in [4.69, 9.17) is 4.74 Å². The van der Waals surface area contributed by atoms with Crippen LogP contribution < -0.4 is 0 Å². The number of rotatable bonds is 3. The number of carbonyl (C=O) groups is 1. The number of carbonyl (C=O) groups excluding carboxylic acids is 1. The molecule has 1 atom stereocenters. The summed E-state index contributed by atoms with van der Waals surface area (Å²) in [6, 6.07) is 9.76. The number of likely N-dealkylation sites (tertiary alicyclic amines) is 1. The molecule has 4 nitrogen and oxygen atoms in total. The smallest absolute Gasteiger partial charge is 0.265 e. The van der Waals surface area contributed by atoms with Crippen molar-refractivity contribution in [1.82, 2.24) is 9.88 Å². The zero-order valence-electron chi connectivity index (χ0n) is 13.7. The maximum absolute atomic E-state index is 12.6. The molecule has 5 heteroatoms. The Kier molecular flexibility index (Phi) is 5.63. The lowest BCUT2D eigenvalue weighted by atomic mass is 10.1. The summed E-state index contributed by atoms with van der Waals surface area (Å²) >= 11 is 1.35. The van der Waals surface area contributed by atoms with Gasteiger partial charge in [0.1, 0.15) is 4.88 Å². The second-order valence-corrected chi connectivity index (χ2v) is 6.65. The van der Waals surface area contributed by atoms with Crippen molar-refractivity contribution >= 4 is 17.2 Å². The summed E-state index contributed by atoms with van der Waals surface area (Å²) < 4.78 is 5.66. The number of thiazole rings is 1. The lowest BCUT2D eigenvalue weighted by Gasteiger charge is -2.32. The first kappa shape index (κ1) is 16.7. The summed E-state index contributed by atoms with van der Waals surface area (Å²) in [6.45, 7) is 4.12. The quantitative estimate of drug-likeness (QED) is 0.806. The molecule has 1 aliphatic rings. The van der Waals surface area contributed by atoms with Crippen molar-refractivity contribution in [2.24, 2.45) is 0 Å². The molecule has 3 rings (SSSR count). The first-order valence-corrected chi connectivity index (χ1v) is 9.01. The van der Waals surface area contributed by atoms with Gasteiger partial charge in [-0.1, -0.05) is 24.1 Å². The van der Waals surface area contributed by atoms with Crippen molar-refractivity contribution in [2.45, 2.75) is 25.9 Å². The standard InChI is InChI=1S/C19H20N2O2S/c1-2-23-16-9-6-12-21(14-16)19(22)17-13-20-18(24-17)11-10-15-7-4-3-5-8-15/h3-5,7-8,13,16H,2,6,9,12,14H2,1H3. The molecule has 24 heavy (non-hydrogen) atoms. The summed E-state index contributed by atoms with van der Waals surface area (Å²) in [5.74, 6) is 6.13. The topological polar surface area (TPSA) is 42.4 Å². The minimum Gasteiger partial charge on any atom is -0.377 e. The Balaban J connectivity index is 1.67. The van der Waals surface area contributed by atoms with Crippen LogP contribution in [0.2, 0.25) is 0 Å². The second-order valence-electron chi connectivity index (χ2n) is 5.62. The zero-order valence-corrected chi connectivity index (χ0v) is 14.5. The molecule has 1 saturated heterocycles. The van der Waals surface area contributed by atoms with Crippen molar-refractivity contribution in [3.8, 4) is 11.8 Å². The molecule has 1 aromatic heterocycles. The molecule has 0 spiro atoms. The van der Waals surface area contributed by atoms with Crippen molar-refractivity contribution in [3.63, 3.8) is 0 Å². The third-order valence-corrected chi connectivity index (χ3v) is 4.77.